The highest BCUT2D eigenvalue weighted by Gasteiger charge is 2.26. The summed E-state index contributed by atoms with van der Waals surface area (Å²) in [6.07, 6.45) is 0. The Labute approximate surface area is 344 Å². The molecule has 0 unspecified atom stereocenters. The molecule has 13 rings (SSSR count). The fraction of sp³-hybridized carbons (Fsp3) is 0. The van der Waals surface area contributed by atoms with E-state index < -0.39 is 0 Å². The predicted molar refractivity (Wildman–Crippen MR) is 242 cm³/mol. The van der Waals surface area contributed by atoms with Crippen LogP contribution in [0, 0.1) is 11.3 Å². The first-order valence-electron chi connectivity index (χ1n) is 20.1. The van der Waals surface area contributed by atoms with E-state index in [1.807, 2.05) is 30.3 Å². The van der Waals surface area contributed by atoms with E-state index in [9.17, 15) is 5.26 Å². The monoisotopic (exact) mass is 765 g/mol. The number of hydrogen-bond donors (Lipinski definition) is 0. The van der Waals surface area contributed by atoms with Crippen LogP contribution in [0.15, 0.2) is 188 Å². The second-order valence-electron chi connectivity index (χ2n) is 15.7. The van der Waals surface area contributed by atoms with Gasteiger partial charge in [0.15, 0.2) is 23.0 Å². The highest BCUT2D eigenvalue weighted by molar-refractivity contribution is 6.14. The van der Waals surface area contributed by atoms with Crippen molar-refractivity contribution < 1.29 is 9.47 Å². The molecule has 0 fully saturated rings. The van der Waals surface area contributed by atoms with Gasteiger partial charge in [-0.15, -0.1) is 0 Å². The van der Waals surface area contributed by atoms with E-state index in [1.165, 1.54) is 16.2 Å². The molecule has 2 aliphatic rings. The SMILES string of the molecule is N#Cc1cc(-c2cccc(-c3ccc4c(c3)Oc3cccc5c6ccccc6n-4c35)c2)cc(-c2cccc(-c3cc4c5c(c3)c3ccccc3n5-c3ccccc3O4)c2)c1. The summed E-state index contributed by atoms with van der Waals surface area (Å²) in [5.41, 5.74) is 15.4. The van der Waals surface area contributed by atoms with Gasteiger partial charge in [-0.25, -0.2) is 0 Å². The third-order valence-corrected chi connectivity index (χ3v) is 12.3. The molecule has 5 heteroatoms. The lowest BCUT2D eigenvalue weighted by Gasteiger charge is -2.21. The van der Waals surface area contributed by atoms with Crippen LogP contribution in [-0.2, 0) is 0 Å². The smallest absolute Gasteiger partial charge is 0.152 e. The molecule has 60 heavy (non-hydrogen) atoms. The van der Waals surface area contributed by atoms with Crippen molar-refractivity contribution in [1.82, 2.24) is 9.13 Å². The summed E-state index contributed by atoms with van der Waals surface area (Å²) in [6, 6.07) is 68.2. The van der Waals surface area contributed by atoms with Crippen molar-refractivity contribution in [3.8, 4) is 84.9 Å². The number of ether oxygens (including phenoxy) is 2. The van der Waals surface area contributed by atoms with Gasteiger partial charge < -0.3 is 18.6 Å². The van der Waals surface area contributed by atoms with Gasteiger partial charge in [0.1, 0.15) is 0 Å². The zero-order valence-corrected chi connectivity index (χ0v) is 32.1. The van der Waals surface area contributed by atoms with E-state index in [4.69, 9.17) is 9.47 Å². The normalized spacial score (nSPS) is 12.2. The molecule has 4 heterocycles. The van der Waals surface area contributed by atoms with Gasteiger partial charge in [-0.2, -0.15) is 5.26 Å². The highest BCUT2D eigenvalue weighted by Crippen LogP contribution is 2.49. The predicted octanol–water partition coefficient (Wildman–Crippen LogP) is 14.6. The van der Waals surface area contributed by atoms with Crippen molar-refractivity contribution in [2.75, 3.05) is 0 Å². The van der Waals surface area contributed by atoms with Crippen LogP contribution in [0.4, 0.5) is 0 Å². The minimum absolute atomic E-state index is 0.607. The molecular weight excluding hydrogens is 735 g/mol. The number of para-hydroxylation sites is 5. The Morgan fingerprint density at radius 3 is 1.53 bits per heavy atom. The average molecular weight is 766 g/mol. The lowest BCUT2D eigenvalue weighted by atomic mass is 9.93. The van der Waals surface area contributed by atoms with Crippen LogP contribution in [0.3, 0.4) is 0 Å². The summed E-state index contributed by atoms with van der Waals surface area (Å²) in [5.74, 6) is 3.35. The summed E-state index contributed by atoms with van der Waals surface area (Å²) in [6.45, 7) is 0. The Bertz CT molecular complexity index is 3690. The van der Waals surface area contributed by atoms with Crippen molar-refractivity contribution in [3.05, 3.63) is 194 Å². The van der Waals surface area contributed by atoms with E-state index in [2.05, 4.69) is 173 Å². The first-order chi connectivity index (χ1) is 29.7. The number of nitriles is 1. The Morgan fingerprint density at radius 2 is 0.817 bits per heavy atom. The molecular formula is C55H31N3O2. The fourth-order valence-electron chi connectivity index (χ4n) is 9.58. The summed E-state index contributed by atoms with van der Waals surface area (Å²) in [5, 5.41) is 15.0. The topological polar surface area (TPSA) is 52.1 Å². The molecule has 9 aromatic carbocycles. The van der Waals surface area contributed by atoms with Crippen LogP contribution in [0.2, 0.25) is 0 Å². The third-order valence-electron chi connectivity index (χ3n) is 12.3. The number of aromatic nitrogens is 2. The second-order valence-corrected chi connectivity index (χ2v) is 15.7. The van der Waals surface area contributed by atoms with Gasteiger partial charge in [0, 0.05) is 21.5 Å². The standard InChI is InChI=1S/C55H31N3O2/c56-32-33-24-39(35-11-7-10-34(26-35)38-22-23-49-52(30-38)60-51-21-9-16-44-42-14-1-3-17-46(42)58(49)54(44)51)28-40(25-33)36-12-8-13-37(27-36)41-29-45-43-15-2-4-18-47(43)57-48-19-5-6-20-50(48)59-53(31-41)55(45)57/h1-31H. The molecule has 0 N–H and O–H groups in total. The van der Waals surface area contributed by atoms with Gasteiger partial charge in [-0.05, 0) is 129 Å². The number of nitrogens with zero attached hydrogens (tertiary/aromatic N) is 3. The molecule has 0 amide bonds. The molecule has 0 radical (unpaired) electrons. The summed E-state index contributed by atoms with van der Waals surface area (Å²) >= 11 is 0. The summed E-state index contributed by atoms with van der Waals surface area (Å²) in [7, 11) is 0. The minimum atomic E-state index is 0.607. The zero-order valence-electron chi connectivity index (χ0n) is 32.1. The average Bonchev–Trinajstić information content (AvgIpc) is 3.84. The molecule has 0 spiro atoms. The van der Waals surface area contributed by atoms with Crippen molar-refractivity contribution in [2.45, 2.75) is 0 Å². The van der Waals surface area contributed by atoms with Crippen LogP contribution < -0.4 is 9.47 Å². The number of fused-ring (bicyclic) bond motifs is 10. The van der Waals surface area contributed by atoms with Crippen LogP contribution >= 0.6 is 0 Å². The molecule has 11 aromatic rings. The van der Waals surface area contributed by atoms with Crippen molar-refractivity contribution in [3.63, 3.8) is 0 Å². The van der Waals surface area contributed by atoms with E-state index >= 15 is 0 Å². The Balaban J connectivity index is 0.882. The van der Waals surface area contributed by atoms with Crippen LogP contribution in [0.25, 0.3) is 99.5 Å². The van der Waals surface area contributed by atoms with Gasteiger partial charge in [-0.1, -0.05) is 103 Å². The maximum Gasteiger partial charge on any atom is 0.152 e. The summed E-state index contributed by atoms with van der Waals surface area (Å²) < 4.78 is 17.8. The maximum absolute atomic E-state index is 10.3. The quantitative estimate of drug-likeness (QED) is 0.179. The van der Waals surface area contributed by atoms with Gasteiger partial charge in [-0.3, -0.25) is 0 Å². The van der Waals surface area contributed by atoms with E-state index in [0.29, 0.717) is 5.56 Å². The van der Waals surface area contributed by atoms with E-state index in [-0.39, 0.29) is 0 Å². The van der Waals surface area contributed by atoms with E-state index in [1.54, 1.807) is 0 Å². The van der Waals surface area contributed by atoms with Crippen LogP contribution in [0.1, 0.15) is 5.56 Å². The Morgan fingerprint density at radius 1 is 0.333 bits per heavy atom. The highest BCUT2D eigenvalue weighted by atomic mass is 16.5. The van der Waals surface area contributed by atoms with Crippen molar-refractivity contribution >= 4 is 43.6 Å². The van der Waals surface area contributed by atoms with Gasteiger partial charge in [0.25, 0.3) is 0 Å². The van der Waals surface area contributed by atoms with Gasteiger partial charge >= 0.3 is 0 Å². The molecule has 2 aliphatic heterocycles. The Hall–Kier alpha value is -8.33. The molecule has 0 atom stereocenters. The summed E-state index contributed by atoms with van der Waals surface area (Å²) in [4.78, 5) is 0. The lowest BCUT2D eigenvalue weighted by Crippen LogP contribution is -2.04. The zero-order chi connectivity index (χ0) is 39.5. The minimum Gasteiger partial charge on any atom is -0.453 e. The molecule has 0 bridgehead atoms. The molecule has 0 saturated heterocycles. The number of hydrogen-bond acceptors (Lipinski definition) is 3. The first-order valence-corrected chi connectivity index (χ1v) is 20.1. The Kier molecular flexibility index (Phi) is 6.73. The molecule has 0 aliphatic carbocycles. The maximum atomic E-state index is 10.3. The molecule has 278 valence electrons. The first kappa shape index (κ1) is 32.7. The van der Waals surface area contributed by atoms with Crippen molar-refractivity contribution in [2.24, 2.45) is 0 Å². The second kappa shape index (κ2) is 12.3. The molecule has 2 aromatic heterocycles. The van der Waals surface area contributed by atoms with E-state index in [0.717, 1.165) is 106 Å². The van der Waals surface area contributed by atoms with Gasteiger partial charge in [0.2, 0.25) is 0 Å². The van der Waals surface area contributed by atoms with Crippen LogP contribution in [0.5, 0.6) is 23.0 Å². The van der Waals surface area contributed by atoms with Crippen LogP contribution in [-0.4, -0.2) is 9.13 Å². The largest absolute Gasteiger partial charge is 0.453 e. The fourth-order valence-corrected chi connectivity index (χ4v) is 9.58. The number of benzene rings is 9. The third kappa shape index (κ3) is 4.73. The number of rotatable bonds is 4. The van der Waals surface area contributed by atoms with Gasteiger partial charge in [0.05, 0.1) is 45.1 Å². The molecule has 0 saturated carbocycles. The molecule has 5 nitrogen and oxygen atoms in total. The van der Waals surface area contributed by atoms with Crippen molar-refractivity contribution in [1.29, 1.82) is 5.26 Å². The lowest BCUT2D eigenvalue weighted by molar-refractivity contribution is 0.476.